The van der Waals surface area contributed by atoms with Gasteiger partial charge in [0.15, 0.2) is 0 Å². The molecule has 1 aliphatic heterocycles. The average Bonchev–Trinajstić information content (AvgIpc) is 3.10. The van der Waals surface area contributed by atoms with E-state index in [1.54, 1.807) is 5.57 Å². The van der Waals surface area contributed by atoms with Gasteiger partial charge in [0.2, 0.25) is 0 Å². The van der Waals surface area contributed by atoms with Crippen LogP contribution in [0.15, 0.2) is 35.5 Å². The molecule has 4 nitrogen and oxygen atoms in total. The van der Waals surface area contributed by atoms with Gasteiger partial charge in [-0.05, 0) is 87.7 Å². The van der Waals surface area contributed by atoms with E-state index < -0.39 is 12.2 Å². The maximum atomic E-state index is 10.2. The van der Waals surface area contributed by atoms with Gasteiger partial charge in [-0.2, -0.15) is 0 Å². The summed E-state index contributed by atoms with van der Waals surface area (Å²) in [5.41, 5.74) is 3.76. The van der Waals surface area contributed by atoms with Crippen molar-refractivity contribution < 1.29 is 10.2 Å². The predicted molar refractivity (Wildman–Crippen MR) is 132 cm³/mol. The second kappa shape index (κ2) is 9.74. The van der Waals surface area contributed by atoms with E-state index in [2.05, 4.69) is 56.3 Å². The van der Waals surface area contributed by atoms with Gasteiger partial charge in [0.05, 0.1) is 12.2 Å². The molecule has 180 valence electrons. The molecule has 3 saturated carbocycles. The number of rotatable bonds is 4. The van der Waals surface area contributed by atoms with Crippen molar-refractivity contribution in [3.05, 3.63) is 35.5 Å². The Bertz CT molecular complexity index is 743. The fourth-order valence-corrected chi connectivity index (χ4v) is 7.59. The number of nitrogens with zero attached hydrogens (tertiary/aromatic N) is 2. The first-order valence-corrected chi connectivity index (χ1v) is 13.0. The van der Waals surface area contributed by atoms with Crippen LogP contribution in [-0.4, -0.2) is 71.5 Å². The minimum absolute atomic E-state index is 0.414. The molecule has 0 amide bonds. The van der Waals surface area contributed by atoms with E-state index in [-0.39, 0.29) is 0 Å². The quantitative estimate of drug-likeness (QED) is 0.634. The van der Waals surface area contributed by atoms with Crippen molar-refractivity contribution in [2.75, 3.05) is 33.2 Å². The number of allylic oxidation sites excluding steroid dienone is 3. The van der Waals surface area contributed by atoms with E-state index in [1.807, 2.05) is 0 Å². The number of fused-ring (bicyclic) bond motifs is 1. The zero-order valence-electron chi connectivity index (χ0n) is 20.9. The van der Waals surface area contributed by atoms with Crippen molar-refractivity contribution >= 4 is 0 Å². The second-order valence-electron chi connectivity index (χ2n) is 11.8. The van der Waals surface area contributed by atoms with Crippen LogP contribution in [0.1, 0.15) is 65.7 Å². The van der Waals surface area contributed by atoms with E-state index in [0.29, 0.717) is 35.8 Å². The Morgan fingerprint density at radius 3 is 2.56 bits per heavy atom. The van der Waals surface area contributed by atoms with Crippen LogP contribution in [0.5, 0.6) is 0 Å². The van der Waals surface area contributed by atoms with Crippen LogP contribution in [0.3, 0.4) is 0 Å². The molecule has 32 heavy (non-hydrogen) atoms. The molecule has 0 aromatic rings. The van der Waals surface area contributed by atoms with Gasteiger partial charge in [-0.25, -0.2) is 0 Å². The van der Waals surface area contributed by atoms with Crippen molar-refractivity contribution in [3.63, 3.8) is 0 Å². The molecule has 7 atom stereocenters. The molecule has 4 heteroatoms. The molecule has 0 bridgehead atoms. The van der Waals surface area contributed by atoms with Crippen LogP contribution in [-0.2, 0) is 0 Å². The highest BCUT2D eigenvalue weighted by Gasteiger charge is 2.50. The van der Waals surface area contributed by atoms with Gasteiger partial charge in [-0.1, -0.05) is 43.7 Å². The van der Waals surface area contributed by atoms with Gasteiger partial charge >= 0.3 is 0 Å². The van der Waals surface area contributed by atoms with E-state index in [4.69, 9.17) is 0 Å². The predicted octanol–water partition coefficient (Wildman–Crippen LogP) is 4.40. The molecule has 2 N–H and O–H groups in total. The Morgan fingerprint density at radius 2 is 1.88 bits per heavy atom. The Balaban J connectivity index is 1.44. The number of hydrogen-bond donors (Lipinski definition) is 2. The third-order valence-corrected chi connectivity index (χ3v) is 9.52. The summed E-state index contributed by atoms with van der Waals surface area (Å²) in [7, 11) is 2.25. The molecule has 1 heterocycles. The third kappa shape index (κ3) is 4.80. The van der Waals surface area contributed by atoms with Crippen molar-refractivity contribution in [1.82, 2.24) is 9.80 Å². The van der Waals surface area contributed by atoms with Crippen LogP contribution >= 0.6 is 0 Å². The molecule has 4 fully saturated rings. The highest BCUT2D eigenvalue weighted by molar-refractivity contribution is 5.29. The summed E-state index contributed by atoms with van der Waals surface area (Å²) < 4.78 is 0. The lowest BCUT2D eigenvalue weighted by Crippen LogP contribution is -2.52. The minimum atomic E-state index is -0.603. The van der Waals surface area contributed by atoms with Crippen molar-refractivity contribution in [2.24, 2.45) is 23.2 Å². The molecule has 0 radical (unpaired) electrons. The summed E-state index contributed by atoms with van der Waals surface area (Å²) >= 11 is 0. The lowest BCUT2D eigenvalue weighted by atomic mass is 9.61. The molecule has 4 rings (SSSR count). The smallest absolute Gasteiger partial charge is 0.0809 e. The van der Waals surface area contributed by atoms with Gasteiger partial charge in [-0.3, -0.25) is 4.90 Å². The largest absolute Gasteiger partial charge is 0.388 e. The van der Waals surface area contributed by atoms with Crippen LogP contribution in [0.4, 0.5) is 0 Å². The summed E-state index contributed by atoms with van der Waals surface area (Å²) in [5, 5.41) is 20.4. The molecular weight excluding hydrogens is 396 g/mol. The highest BCUT2D eigenvalue weighted by Crippen LogP contribution is 2.59. The van der Waals surface area contributed by atoms with Crippen molar-refractivity contribution in [3.8, 4) is 0 Å². The van der Waals surface area contributed by atoms with E-state index >= 15 is 0 Å². The molecular formula is C28H46N2O2. The number of piperazine rings is 1. The number of likely N-dealkylation sites (N-methyl/N-ethyl adjacent to an activating group) is 1. The lowest BCUT2D eigenvalue weighted by Gasteiger charge is -2.46. The van der Waals surface area contributed by atoms with Crippen LogP contribution < -0.4 is 0 Å². The molecule has 3 aliphatic carbocycles. The zero-order valence-corrected chi connectivity index (χ0v) is 20.9. The molecule has 0 aromatic carbocycles. The first-order chi connectivity index (χ1) is 15.2. The molecule has 4 aliphatic rings. The van der Waals surface area contributed by atoms with Crippen LogP contribution in [0, 0.1) is 23.2 Å². The topological polar surface area (TPSA) is 46.9 Å². The monoisotopic (exact) mass is 442 g/mol. The minimum Gasteiger partial charge on any atom is -0.388 e. The fraction of sp³-hybridized carbons (Fsp3) is 0.786. The number of hydrogen-bond acceptors (Lipinski definition) is 4. The lowest BCUT2D eigenvalue weighted by molar-refractivity contribution is 0.0434. The van der Waals surface area contributed by atoms with E-state index in [0.717, 1.165) is 17.4 Å². The molecule has 0 unspecified atom stereocenters. The molecule has 1 saturated heterocycles. The molecule has 0 aromatic heterocycles. The first kappa shape index (κ1) is 24.2. The number of aliphatic hydroxyl groups is 2. The zero-order chi connectivity index (χ0) is 23.0. The summed E-state index contributed by atoms with van der Waals surface area (Å²) in [6.45, 7) is 16.2. The first-order valence-electron chi connectivity index (χ1n) is 13.0. The van der Waals surface area contributed by atoms with Gasteiger partial charge < -0.3 is 15.1 Å². The summed E-state index contributed by atoms with van der Waals surface area (Å²) in [6, 6.07) is 0.659. The Morgan fingerprint density at radius 1 is 1.16 bits per heavy atom. The highest BCUT2D eigenvalue weighted by atomic mass is 16.3. The summed E-state index contributed by atoms with van der Waals surface area (Å²) in [5.74, 6) is 2.24. The SMILES string of the molecule is C=C1[C@H](O)CC(=C/C=C2\CCC[C@]3(C)[C@@H]([C@H](C)CN4CCN(C)C[C@H]4C)CC[C@@H]23)C[C@H]1O. The van der Waals surface area contributed by atoms with Gasteiger partial charge in [0, 0.05) is 32.2 Å². The van der Waals surface area contributed by atoms with Crippen LogP contribution in [0.2, 0.25) is 0 Å². The maximum Gasteiger partial charge on any atom is 0.0809 e. The Hall–Kier alpha value is -0.940. The van der Waals surface area contributed by atoms with Crippen LogP contribution in [0.25, 0.3) is 0 Å². The summed E-state index contributed by atoms with van der Waals surface area (Å²) in [6.07, 6.45) is 11.1. The van der Waals surface area contributed by atoms with E-state index in [1.165, 1.54) is 58.3 Å². The van der Waals surface area contributed by atoms with Crippen molar-refractivity contribution in [2.45, 2.75) is 84.0 Å². The Kier molecular flexibility index (Phi) is 7.36. The van der Waals surface area contributed by atoms with Gasteiger partial charge in [-0.15, -0.1) is 0 Å². The normalized spacial score (nSPS) is 41.7. The standard InChI is InChI=1S/C28H46N2O2/c1-19(17-30-14-13-29(5)18-20(30)2)24-10-11-25-23(7-6-12-28(24,25)4)9-8-22-15-26(31)21(3)27(32)16-22/h8-9,19-20,24-27,31-32H,3,6-7,10-18H2,1-2,4-5H3/b23-9+/t19-,20-,24-,25+,26-,27-,28-/m1/s1. The van der Waals surface area contributed by atoms with Gasteiger partial charge in [0.25, 0.3) is 0 Å². The van der Waals surface area contributed by atoms with Gasteiger partial charge in [0.1, 0.15) is 0 Å². The number of aliphatic hydroxyl groups excluding tert-OH is 2. The molecule has 0 spiro atoms. The third-order valence-electron chi connectivity index (χ3n) is 9.52. The van der Waals surface area contributed by atoms with Crippen molar-refractivity contribution in [1.29, 1.82) is 0 Å². The Labute approximate surface area is 196 Å². The second-order valence-corrected chi connectivity index (χ2v) is 11.8. The van der Waals surface area contributed by atoms with E-state index in [9.17, 15) is 10.2 Å². The fourth-order valence-electron chi connectivity index (χ4n) is 7.59. The maximum absolute atomic E-state index is 10.2. The average molecular weight is 443 g/mol. The summed E-state index contributed by atoms with van der Waals surface area (Å²) in [4.78, 5) is 5.20.